The molecular weight excluding hydrogens is 406 g/mol. The van der Waals surface area contributed by atoms with Gasteiger partial charge < -0.3 is 15.6 Å². The molecule has 142 valence electrons. The zero-order valence-electron chi connectivity index (χ0n) is 13.5. The summed E-state index contributed by atoms with van der Waals surface area (Å²) in [6.07, 6.45) is -6.57. The second-order valence-electron chi connectivity index (χ2n) is 5.83. The van der Waals surface area contributed by atoms with E-state index in [9.17, 15) is 18.0 Å². The highest BCUT2D eigenvalue weighted by atomic mass is 35.5. The quantitative estimate of drug-likeness (QED) is 0.743. The van der Waals surface area contributed by atoms with Crippen molar-refractivity contribution < 1.29 is 27.8 Å². The van der Waals surface area contributed by atoms with Gasteiger partial charge in [-0.25, -0.2) is 4.79 Å². The van der Waals surface area contributed by atoms with Gasteiger partial charge in [-0.2, -0.15) is 13.2 Å². The molecule has 0 aliphatic carbocycles. The van der Waals surface area contributed by atoms with Crippen molar-refractivity contribution in [2.45, 2.75) is 18.8 Å². The molecule has 1 atom stereocenters. The molecule has 1 aliphatic rings. The van der Waals surface area contributed by atoms with E-state index in [1.165, 1.54) is 12.1 Å². The Kier molecular flexibility index (Phi) is 5.12. The Bertz CT molecular complexity index is 958. The van der Waals surface area contributed by atoms with Gasteiger partial charge in [0.1, 0.15) is 5.75 Å². The van der Waals surface area contributed by atoms with E-state index in [1.807, 2.05) is 0 Å². The SMILES string of the molecule is NCc1cc(-c2cc(Cl)cc3c2OC(C(F)(F)F)C(C(=O)O)=C3)ccc1Cl. The summed E-state index contributed by atoms with van der Waals surface area (Å²) >= 11 is 12.1. The lowest BCUT2D eigenvalue weighted by Gasteiger charge is -2.28. The molecule has 3 rings (SSSR count). The van der Waals surface area contributed by atoms with Crippen molar-refractivity contribution >= 4 is 35.2 Å². The maximum absolute atomic E-state index is 13.3. The van der Waals surface area contributed by atoms with Gasteiger partial charge in [-0.1, -0.05) is 29.3 Å². The van der Waals surface area contributed by atoms with Crippen LogP contribution in [0.15, 0.2) is 35.9 Å². The highest BCUT2D eigenvalue weighted by Crippen LogP contribution is 2.44. The van der Waals surface area contributed by atoms with E-state index in [0.29, 0.717) is 16.1 Å². The second kappa shape index (κ2) is 7.07. The number of fused-ring (bicyclic) bond motifs is 1. The smallest absolute Gasteiger partial charge is 0.430 e. The minimum atomic E-state index is -4.90. The third-order valence-electron chi connectivity index (χ3n) is 4.03. The second-order valence-corrected chi connectivity index (χ2v) is 6.67. The standard InChI is InChI=1S/C18H12Cl2F3NO3/c19-11-4-9-5-13(17(25)26)16(18(21,22)23)27-15(9)12(6-11)8-1-2-14(20)10(3-8)7-24/h1-6,16H,7,24H2,(H,25,26). The van der Waals surface area contributed by atoms with Crippen molar-refractivity contribution in [3.63, 3.8) is 0 Å². The minimum Gasteiger partial charge on any atom is -0.478 e. The van der Waals surface area contributed by atoms with E-state index in [4.69, 9.17) is 38.8 Å². The molecule has 0 saturated heterocycles. The van der Waals surface area contributed by atoms with E-state index in [-0.39, 0.29) is 28.4 Å². The number of hydrogen-bond acceptors (Lipinski definition) is 3. The molecule has 1 aliphatic heterocycles. The number of nitrogens with two attached hydrogens (primary N) is 1. The van der Waals surface area contributed by atoms with Crippen LogP contribution < -0.4 is 10.5 Å². The Labute approximate surface area is 161 Å². The van der Waals surface area contributed by atoms with E-state index in [0.717, 1.165) is 6.08 Å². The molecule has 1 heterocycles. The monoisotopic (exact) mass is 417 g/mol. The van der Waals surface area contributed by atoms with E-state index in [2.05, 4.69) is 0 Å². The lowest BCUT2D eigenvalue weighted by molar-refractivity contribution is -0.187. The third-order valence-corrected chi connectivity index (χ3v) is 4.62. The van der Waals surface area contributed by atoms with E-state index in [1.54, 1.807) is 18.2 Å². The molecule has 27 heavy (non-hydrogen) atoms. The van der Waals surface area contributed by atoms with Gasteiger partial charge in [-0.15, -0.1) is 0 Å². The molecule has 0 bridgehead atoms. The summed E-state index contributed by atoms with van der Waals surface area (Å²) in [5, 5.41) is 9.77. The Hall–Kier alpha value is -2.22. The first-order valence-electron chi connectivity index (χ1n) is 7.62. The van der Waals surface area contributed by atoms with Crippen LogP contribution in [0.4, 0.5) is 13.2 Å². The van der Waals surface area contributed by atoms with Crippen molar-refractivity contribution in [1.82, 2.24) is 0 Å². The van der Waals surface area contributed by atoms with Crippen LogP contribution in [0.5, 0.6) is 5.75 Å². The van der Waals surface area contributed by atoms with Crippen LogP contribution in [0.2, 0.25) is 10.0 Å². The fourth-order valence-electron chi connectivity index (χ4n) is 2.81. The summed E-state index contributed by atoms with van der Waals surface area (Å²) in [4.78, 5) is 11.3. The number of carbonyl (C=O) groups is 1. The number of halogens is 5. The van der Waals surface area contributed by atoms with Crippen LogP contribution in [0.3, 0.4) is 0 Å². The number of hydrogen-bond donors (Lipinski definition) is 2. The summed E-state index contributed by atoms with van der Waals surface area (Å²) in [5.74, 6) is -1.83. The predicted molar refractivity (Wildman–Crippen MR) is 95.9 cm³/mol. The molecular formula is C18H12Cl2F3NO3. The third kappa shape index (κ3) is 3.76. The number of carboxylic acid groups (broad SMARTS) is 1. The Morgan fingerprint density at radius 1 is 1.22 bits per heavy atom. The van der Waals surface area contributed by atoms with Crippen LogP contribution in [0, 0.1) is 0 Å². The van der Waals surface area contributed by atoms with Gasteiger partial charge >= 0.3 is 12.1 Å². The summed E-state index contributed by atoms with van der Waals surface area (Å²) in [5.41, 5.74) is 6.21. The molecule has 9 heteroatoms. The van der Waals surface area contributed by atoms with Gasteiger partial charge in [0.25, 0.3) is 0 Å². The highest BCUT2D eigenvalue weighted by Gasteiger charge is 2.48. The van der Waals surface area contributed by atoms with Crippen molar-refractivity contribution in [2.24, 2.45) is 5.73 Å². The van der Waals surface area contributed by atoms with Gasteiger partial charge in [0.15, 0.2) is 0 Å². The minimum absolute atomic E-state index is 0.114. The molecule has 0 fully saturated rings. The fourth-order valence-corrected chi connectivity index (χ4v) is 3.23. The molecule has 3 N–H and O–H groups in total. The zero-order chi connectivity index (χ0) is 19.9. The van der Waals surface area contributed by atoms with Crippen LogP contribution in [0.25, 0.3) is 17.2 Å². The van der Waals surface area contributed by atoms with Crippen LogP contribution in [0.1, 0.15) is 11.1 Å². The van der Waals surface area contributed by atoms with Crippen LogP contribution >= 0.6 is 23.2 Å². The molecule has 0 aromatic heterocycles. The normalized spacial score (nSPS) is 16.4. The van der Waals surface area contributed by atoms with Crippen molar-refractivity contribution in [3.05, 3.63) is 57.1 Å². The van der Waals surface area contributed by atoms with Crippen LogP contribution in [-0.2, 0) is 11.3 Å². The number of benzene rings is 2. The summed E-state index contributed by atoms with van der Waals surface area (Å²) in [6.45, 7) is 0.129. The Morgan fingerprint density at radius 2 is 1.93 bits per heavy atom. The van der Waals surface area contributed by atoms with Gasteiger partial charge in [0, 0.05) is 27.7 Å². The van der Waals surface area contributed by atoms with Gasteiger partial charge in [0.2, 0.25) is 6.10 Å². The molecule has 0 radical (unpaired) electrons. The van der Waals surface area contributed by atoms with E-state index >= 15 is 0 Å². The summed E-state index contributed by atoms with van der Waals surface area (Å²) in [7, 11) is 0. The average Bonchev–Trinajstić information content (AvgIpc) is 2.59. The number of ether oxygens (including phenoxy) is 1. The molecule has 0 saturated carbocycles. The molecule has 4 nitrogen and oxygen atoms in total. The molecule has 0 amide bonds. The maximum atomic E-state index is 13.3. The van der Waals surface area contributed by atoms with Gasteiger partial charge in [-0.3, -0.25) is 0 Å². The number of rotatable bonds is 3. The molecule has 2 aromatic rings. The van der Waals surface area contributed by atoms with Crippen molar-refractivity contribution in [2.75, 3.05) is 0 Å². The van der Waals surface area contributed by atoms with Gasteiger partial charge in [0.05, 0.1) is 5.57 Å². The van der Waals surface area contributed by atoms with Crippen molar-refractivity contribution in [1.29, 1.82) is 0 Å². The fraction of sp³-hybridized carbons (Fsp3) is 0.167. The molecule has 1 unspecified atom stereocenters. The summed E-state index contributed by atoms with van der Waals surface area (Å²) in [6, 6.07) is 7.56. The lowest BCUT2D eigenvalue weighted by Crippen LogP contribution is -2.40. The lowest BCUT2D eigenvalue weighted by atomic mass is 9.95. The maximum Gasteiger partial charge on any atom is 0.430 e. The highest BCUT2D eigenvalue weighted by molar-refractivity contribution is 6.32. The van der Waals surface area contributed by atoms with E-state index < -0.39 is 23.8 Å². The first-order chi connectivity index (χ1) is 12.6. The molecule has 0 spiro atoms. The largest absolute Gasteiger partial charge is 0.478 e. The average molecular weight is 418 g/mol. The Balaban J connectivity index is 2.23. The van der Waals surface area contributed by atoms with Gasteiger partial charge in [-0.05, 0) is 41.5 Å². The number of carboxylic acids is 1. The summed E-state index contributed by atoms with van der Waals surface area (Å²) < 4.78 is 45.1. The Morgan fingerprint density at radius 3 is 2.52 bits per heavy atom. The van der Waals surface area contributed by atoms with Crippen molar-refractivity contribution in [3.8, 4) is 16.9 Å². The predicted octanol–water partition coefficient (Wildman–Crippen LogP) is 4.91. The first kappa shape index (κ1) is 19.5. The number of aliphatic carboxylic acids is 1. The first-order valence-corrected chi connectivity index (χ1v) is 8.38. The topological polar surface area (TPSA) is 72.5 Å². The molecule has 2 aromatic carbocycles. The van der Waals surface area contributed by atoms with Crippen LogP contribution in [-0.4, -0.2) is 23.4 Å². The number of alkyl halides is 3. The zero-order valence-corrected chi connectivity index (χ0v) is 15.0.